The van der Waals surface area contributed by atoms with E-state index in [2.05, 4.69) is 10.2 Å². The maximum absolute atomic E-state index is 5.44. The molecule has 13 heavy (non-hydrogen) atoms. The minimum Gasteiger partial charge on any atom is -0.479 e. The predicted molar refractivity (Wildman–Crippen MR) is 48.9 cm³/mol. The number of aryl methyl sites for hydroxylation is 1. The summed E-state index contributed by atoms with van der Waals surface area (Å²) in [6, 6.07) is 5.73. The average molecular weight is 177 g/mol. The third-order valence-electron chi connectivity index (χ3n) is 1.85. The Morgan fingerprint density at radius 2 is 2.23 bits per heavy atom. The summed E-state index contributed by atoms with van der Waals surface area (Å²) in [6.45, 7) is 4.51. The van der Waals surface area contributed by atoms with E-state index in [1.165, 1.54) is 0 Å². The maximum Gasteiger partial charge on any atom is 0.200 e. The first-order valence-corrected chi connectivity index (χ1v) is 4.26. The van der Waals surface area contributed by atoms with Crippen molar-refractivity contribution < 1.29 is 4.74 Å². The number of pyridine rings is 1. The normalized spacial score (nSPS) is 10.6. The van der Waals surface area contributed by atoms with Crippen molar-refractivity contribution in [3.63, 3.8) is 0 Å². The molecule has 0 unspecified atom stereocenters. The van der Waals surface area contributed by atoms with Gasteiger partial charge in [0.05, 0.1) is 6.61 Å². The van der Waals surface area contributed by atoms with E-state index in [0.29, 0.717) is 6.61 Å². The van der Waals surface area contributed by atoms with Crippen molar-refractivity contribution in [1.29, 1.82) is 0 Å². The van der Waals surface area contributed by atoms with Crippen LogP contribution in [-0.4, -0.2) is 21.2 Å². The number of rotatable bonds is 2. The average Bonchev–Trinajstić information content (AvgIpc) is 2.50. The first kappa shape index (κ1) is 8.04. The van der Waals surface area contributed by atoms with E-state index in [0.717, 1.165) is 17.4 Å². The third-order valence-corrected chi connectivity index (χ3v) is 1.85. The van der Waals surface area contributed by atoms with Crippen molar-refractivity contribution in [2.45, 2.75) is 13.8 Å². The zero-order valence-electron chi connectivity index (χ0n) is 7.69. The second-order valence-electron chi connectivity index (χ2n) is 2.74. The Balaban J connectivity index is 2.65. The van der Waals surface area contributed by atoms with Gasteiger partial charge in [-0.15, -0.1) is 10.2 Å². The van der Waals surface area contributed by atoms with Crippen LogP contribution in [0, 0.1) is 6.92 Å². The fourth-order valence-corrected chi connectivity index (χ4v) is 1.31. The van der Waals surface area contributed by atoms with E-state index in [-0.39, 0.29) is 0 Å². The Kier molecular flexibility index (Phi) is 1.88. The van der Waals surface area contributed by atoms with E-state index in [1.54, 1.807) is 0 Å². The molecule has 0 atom stereocenters. The Labute approximate surface area is 76.2 Å². The monoisotopic (exact) mass is 177 g/mol. The van der Waals surface area contributed by atoms with Gasteiger partial charge in [-0.25, -0.2) is 4.40 Å². The highest BCUT2D eigenvalue weighted by Gasteiger charge is 2.04. The second-order valence-corrected chi connectivity index (χ2v) is 2.74. The molecule has 0 amide bonds. The first-order chi connectivity index (χ1) is 6.33. The van der Waals surface area contributed by atoms with Gasteiger partial charge < -0.3 is 4.74 Å². The number of ether oxygens (including phenoxy) is 1. The van der Waals surface area contributed by atoms with E-state index >= 15 is 0 Å². The van der Waals surface area contributed by atoms with Gasteiger partial charge in [-0.2, -0.15) is 0 Å². The van der Waals surface area contributed by atoms with Crippen LogP contribution in [0.1, 0.15) is 12.7 Å². The molecule has 0 aromatic carbocycles. The van der Waals surface area contributed by atoms with Crippen molar-refractivity contribution in [3.8, 4) is 5.88 Å². The van der Waals surface area contributed by atoms with Crippen molar-refractivity contribution in [2.24, 2.45) is 0 Å². The highest BCUT2D eigenvalue weighted by Crippen LogP contribution is 2.14. The summed E-state index contributed by atoms with van der Waals surface area (Å²) in [5, 5.41) is 7.97. The van der Waals surface area contributed by atoms with E-state index in [4.69, 9.17) is 4.74 Å². The summed E-state index contributed by atoms with van der Waals surface area (Å²) in [5.74, 6) is 1.64. The Hall–Kier alpha value is -1.58. The highest BCUT2D eigenvalue weighted by atomic mass is 16.5. The van der Waals surface area contributed by atoms with Gasteiger partial charge in [-0.3, -0.25) is 0 Å². The van der Waals surface area contributed by atoms with Crippen LogP contribution in [0.25, 0.3) is 5.65 Å². The van der Waals surface area contributed by atoms with Gasteiger partial charge >= 0.3 is 0 Å². The molecule has 0 fully saturated rings. The number of aromatic nitrogens is 3. The molecule has 0 N–H and O–H groups in total. The fourth-order valence-electron chi connectivity index (χ4n) is 1.31. The van der Waals surface area contributed by atoms with Crippen molar-refractivity contribution >= 4 is 5.65 Å². The largest absolute Gasteiger partial charge is 0.479 e. The summed E-state index contributed by atoms with van der Waals surface area (Å²) < 4.78 is 7.33. The number of hydrogen-bond donors (Lipinski definition) is 0. The van der Waals surface area contributed by atoms with Crippen molar-refractivity contribution in [3.05, 3.63) is 24.0 Å². The molecule has 0 saturated heterocycles. The zero-order valence-corrected chi connectivity index (χ0v) is 7.69. The molecule has 2 aromatic heterocycles. The lowest BCUT2D eigenvalue weighted by atomic mass is 10.4. The zero-order chi connectivity index (χ0) is 9.26. The summed E-state index contributed by atoms with van der Waals surface area (Å²) in [6.07, 6.45) is 0. The van der Waals surface area contributed by atoms with Gasteiger partial charge in [0, 0.05) is 0 Å². The summed E-state index contributed by atoms with van der Waals surface area (Å²) >= 11 is 0. The molecule has 4 heteroatoms. The Morgan fingerprint density at radius 3 is 3.00 bits per heavy atom. The Bertz CT molecular complexity index is 422. The minimum absolute atomic E-state index is 0.650. The van der Waals surface area contributed by atoms with Crippen LogP contribution in [-0.2, 0) is 0 Å². The van der Waals surface area contributed by atoms with Gasteiger partial charge in [-0.1, -0.05) is 6.07 Å². The molecule has 0 saturated carbocycles. The van der Waals surface area contributed by atoms with Crippen molar-refractivity contribution in [1.82, 2.24) is 14.6 Å². The lowest BCUT2D eigenvalue weighted by Crippen LogP contribution is -1.99. The van der Waals surface area contributed by atoms with E-state index in [9.17, 15) is 0 Å². The molecule has 0 aliphatic rings. The van der Waals surface area contributed by atoms with Gasteiger partial charge in [-0.05, 0) is 26.0 Å². The molecule has 0 aliphatic heterocycles. The molecule has 0 spiro atoms. The second kappa shape index (κ2) is 3.05. The Morgan fingerprint density at radius 1 is 1.38 bits per heavy atom. The molecule has 0 aliphatic carbocycles. The topological polar surface area (TPSA) is 39.4 Å². The molecule has 0 radical (unpaired) electrons. The maximum atomic E-state index is 5.44. The van der Waals surface area contributed by atoms with Gasteiger partial charge in [0.15, 0.2) is 5.65 Å². The molecule has 4 nitrogen and oxygen atoms in total. The van der Waals surface area contributed by atoms with Crippen LogP contribution in [0.15, 0.2) is 18.2 Å². The molecule has 2 heterocycles. The number of hydrogen-bond acceptors (Lipinski definition) is 3. The quantitative estimate of drug-likeness (QED) is 0.696. The fraction of sp³-hybridized carbons (Fsp3) is 0.333. The highest BCUT2D eigenvalue weighted by molar-refractivity contribution is 5.41. The third kappa shape index (κ3) is 1.24. The smallest absolute Gasteiger partial charge is 0.200 e. The van der Waals surface area contributed by atoms with E-state index < -0.39 is 0 Å². The summed E-state index contributed by atoms with van der Waals surface area (Å²) in [4.78, 5) is 0. The first-order valence-electron chi connectivity index (χ1n) is 4.26. The molecule has 0 bridgehead atoms. The molecule has 2 rings (SSSR count). The van der Waals surface area contributed by atoms with Gasteiger partial charge in [0.1, 0.15) is 5.82 Å². The van der Waals surface area contributed by atoms with Gasteiger partial charge in [0.2, 0.25) is 5.88 Å². The minimum atomic E-state index is 0.650. The molecule has 68 valence electrons. The SMILES string of the molecule is CCOc1cccc2nnc(C)n12. The van der Waals surface area contributed by atoms with Gasteiger partial charge in [0.25, 0.3) is 0 Å². The molecular formula is C9H11N3O. The summed E-state index contributed by atoms with van der Waals surface area (Å²) in [5.41, 5.74) is 0.823. The predicted octanol–water partition coefficient (Wildman–Crippen LogP) is 1.44. The standard InChI is InChI=1S/C9H11N3O/c1-3-13-9-6-4-5-8-11-10-7(2)12(8)9/h4-6H,3H2,1-2H3. The van der Waals surface area contributed by atoms with Crippen LogP contribution < -0.4 is 4.74 Å². The molecule has 2 aromatic rings. The van der Waals surface area contributed by atoms with Crippen molar-refractivity contribution in [2.75, 3.05) is 6.61 Å². The summed E-state index contributed by atoms with van der Waals surface area (Å²) in [7, 11) is 0. The lowest BCUT2D eigenvalue weighted by molar-refractivity contribution is 0.321. The molecular weight excluding hydrogens is 166 g/mol. The number of fused-ring (bicyclic) bond motifs is 1. The lowest BCUT2D eigenvalue weighted by Gasteiger charge is -2.05. The van der Waals surface area contributed by atoms with Crippen LogP contribution in [0.4, 0.5) is 0 Å². The van der Waals surface area contributed by atoms with Crippen LogP contribution in [0.2, 0.25) is 0 Å². The van der Waals surface area contributed by atoms with Crippen LogP contribution in [0.5, 0.6) is 5.88 Å². The van der Waals surface area contributed by atoms with Crippen LogP contribution in [0.3, 0.4) is 0 Å². The number of nitrogens with zero attached hydrogens (tertiary/aromatic N) is 3. The van der Waals surface area contributed by atoms with E-state index in [1.807, 2.05) is 36.4 Å². The van der Waals surface area contributed by atoms with Crippen LogP contribution >= 0.6 is 0 Å².